The van der Waals surface area contributed by atoms with Crippen LogP contribution in [0.25, 0.3) is 10.9 Å². The second-order valence-electron chi connectivity index (χ2n) is 3.85. The average molecular weight is 252 g/mol. The lowest BCUT2D eigenvalue weighted by Crippen LogP contribution is -2.23. The summed E-state index contributed by atoms with van der Waals surface area (Å²) in [7, 11) is 0. The van der Waals surface area contributed by atoms with E-state index in [1.165, 1.54) is 0 Å². The molecule has 0 aliphatic rings. The molecule has 0 radical (unpaired) electrons. The molecular weight excluding hydrogens is 242 g/mol. The molecule has 18 heavy (non-hydrogen) atoms. The average Bonchev–Trinajstić information content (AvgIpc) is 2.34. The van der Waals surface area contributed by atoms with Gasteiger partial charge < -0.3 is 17.7 Å². The van der Waals surface area contributed by atoms with Crippen molar-refractivity contribution in [1.29, 1.82) is 0 Å². The maximum Gasteiger partial charge on any atom is 0.508 e. The number of aromatic nitrogens is 1. The second kappa shape index (κ2) is 4.72. The monoisotopic (exact) mass is 252 g/mol. The Labute approximate surface area is 102 Å². The molecule has 1 aromatic carbocycles. The molecule has 0 unspecified atom stereocenters. The number of para-hydroxylation sites is 1. The highest BCUT2D eigenvalue weighted by molar-refractivity contribution is 6.66. The third kappa shape index (κ3) is 2.64. The van der Waals surface area contributed by atoms with Gasteiger partial charge in [0, 0.05) is 11.6 Å². The summed E-state index contributed by atoms with van der Waals surface area (Å²) in [6.07, 6.45) is 1.57. The Bertz CT molecular complexity index is 578. The lowest BCUT2D eigenvalue weighted by molar-refractivity contribution is 0.350. The molecule has 2 nitrogen and oxygen atoms in total. The Hall–Kier alpha value is -1.98. The maximum absolute atomic E-state index is 12.3. The fourth-order valence-corrected chi connectivity index (χ4v) is 1.46. The van der Waals surface area contributed by atoms with Gasteiger partial charge in [0.25, 0.3) is 0 Å². The summed E-state index contributed by atoms with van der Waals surface area (Å²) in [5, 5.41) is 0.818. The molecule has 0 saturated carbocycles. The summed E-state index contributed by atoms with van der Waals surface area (Å²) in [5.41, 5.74) is -0.314. The lowest BCUT2D eigenvalue weighted by Gasteiger charge is -2.18. The Morgan fingerprint density at radius 3 is 2.67 bits per heavy atom. The van der Waals surface area contributed by atoms with Crippen molar-refractivity contribution < 1.29 is 17.7 Å². The number of nitrogens with zero attached hydrogens (tertiary/aromatic N) is 1. The number of ether oxygens (including phenoxy) is 1. The van der Waals surface area contributed by atoms with Crippen molar-refractivity contribution in [1.82, 2.24) is 4.98 Å². The minimum atomic E-state index is -5.06. The highest BCUT2D eigenvalue weighted by atomic mass is 19.4. The van der Waals surface area contributed by atoms with Crippen molar-refractivity contribution >= 4 is 17.9 Å². The standard InChI is InChI=1S/C12H10BF3NO/c1-9(13(14,15)16)8-18-11-6-2-4-10-5-3-7-17-12(10)11/h2-7H,1,8H2/q-1. The first-order chi connectivity index (χ1) is 8.48. The van der Waals surface area contributed by atoms with E-state index in [0.717, 1.165) is 5.39 Å². The summed E-state index contributed by atoms with van der Waals surface area (Å²) in [6.45, 7) is -2.65. The number of fused-ring (bicyclic) bond motifs is 1. The summed E-state index contributed by atoms with van der Waals surface area (Å²) in [6, 6.07) is 8.69. The van der Waals surface area contributed by atoms with Gasteiger partial charge in [-0.05, 0) is 12.1 Å². The van der Waals surface area contributed by atoms with E-state index in [2.05, 4.69) is 11.6 Å². The van der Waals surface area contributed by atoms with Gasteiger partial charge in [0.1, 0.15) is 11.3 Å². The van der Waals surface area contributed by atoms with Crippen molar-refractivity contribution in [3.8, 4) is 5.75 Å². The number of halogens is 3. The molecule has 0 atom stereocenters. The van der Waals surface area contributed by atoms with E-state index in [1.807, 2.05) is 12.1 Å². The van der Waals surface area contributed by atoms with Crippen LogP contribution < -0.4 is 4.74 Å². The zero-order chi connectivity index (χ0) is 13.2. The minimum Gasteiger partial charge on any atom is -0.490 e. The molecule has 0 aliphatic heterocycles. The van der Waals surface area contributed by atoms with Crippen LogP contribution in [-0.4, -0.2) is 18.6 Å². The zero-order valence-electron chi connectivity index (χ0n) is 9.45. The molecule has 0 fully saturated rings. The smallest absolute Gasteiger partial charge is 0.490 e. The lowest BCUT2D eigenvalue weighted by atomic mass is 9.81. The normalized spacial score (nSPS) is 11.5. The van der Waals surface area contributed by atoms with E-state index in [1.54, 1.807) is 24.4 Å². The number of hydrogen-bond acceptors (Lipinski definition) is 2. The van der Waals surface area contributed by atoms with Crippen molar-refractivity contribution in [2.24, 2.45) is 0 Å². The van der Waals surface area contributed by atoms with Gasteiger partial charge in [-0.2, -0.15) is 0 Å². The predicted molar refractivity (Wildman–Crippen MR) is 65.5 cm³/mol. The van der Waals surface area contributed by atoms with Gasteiger partial charge in [-0.3, -0.25) is 4.98 Å². The molecule has 0 amide bonds. The van der Waals surface area contributed by atoms with Crippen LogP contribution in [-0.2, 0) is 0 Å². The van der Waals surface area contributed by atoms with Crippen LogP contribution in [0.4, 0.5) is 12.9 Å². The molecule has 0 saturated heterocycles. The molecule has 2 aromatic rings. The fourth-order valence-electron chi connectivity index (χ4n) is 1.46. The first kappa shape index (κ1) is 12.5. The van der Waals surface area contributed by atoms with Gasteiger partial charge in [0.2, 0.25) is 0 Å². The summed E-state index contributed by atoms with van der Waals surface area (Å²) in [5.74, 6) is 0.328. The molecule has 0 aliphatic carbocycles. The number of rotatable bonds is 4. The molecule has 1 heterocycles. The Balaban J connectivity index is 2.20. The van der Waals surface area contributed by atoms with Gasteiger partial charge in [-0.1, -0.05) is 18.2 Å². The third-order valence-corrected chi connectivity index (χ3v) is 2.47. The number of hydrogen-bond donors (Lipinski definition) is 0. The maximum atomic E-state index is 12.3. The van der Waals surface area contributed by atoms with Crippen LogP contribution in [0.15, 0.2) is 48.6 Å². The van der Waals surface area contributed by atoms with Crippen molar-refractivity contribution in [3.63, 3.8) is 0 Å². The first-order valence-electron chi connectivity index (χ1n) is 5.32. The van der Waals surface area contributed by atoms with Crippen LogP contribution in [0.3, 0.4) is 0 Å². The van der Waals surface area contributed by atoms with E-state index < -0.39 is 19.1 Å². The van der Waals surface area contributed by atoms with Crippen LogP contribution in [0.2, 0.25) is 0 Å². The van der Waals surface area contributed by atoms with Crippen LogP contribution >= 0.6 is 0 Å². The highest BCUT2D eigenvalue weighted by Gasteiger charge is 2.27. The van der Waals surface area contributed by atoms with Crippen molar-refractivity contribution in [2.75, 3.05) is 6.61 Å². The van der Waals surface area contributed by atoms with E-state index in [0.29, 0.717) is 11.3 Å². The molecule has 1 aromatic heterocycles. The minimum absolute atomic E-state index is 0.328. The zero-order valence-corrected chi connectivity index (χ0v) is 9.45. The highest BCUT2D eigenvalue weighted by Crippen LogP contribution is 2.25. The molecule has 6 heteroatoms. The molecular formula is C12H10BF3NO-. The SMILES string of the molecule is C=C(COc1cccc2cccnc12)[B-](F)(F)F. The first-order valence-corrected chi connectivity index (χ1v) is 5.32. The number of pyridine rings is 1. The molecule has 94 valence electrons. The Kier molecular flexibility index (Phi) is 3.27. The van der Waals surface area contributed by atoms with Gasteiger partial charge in [-0.15, -0.1) is 12.1 Å². The van der Waals surface area contributed by atoms with Crippen molar-refractivity contribution in [3.05, 3.63) is 48.6 Å². The van der Waals surface area contributed by atoms with Crippen LogP contribution in [0.5, 0.6) is 5.75 Å². The van der Waals surface area contributed by atoms with Gasteiger partial charge in [0.05, 0.1) is 6.61 Å². The Morgan fingerprint density at radius 2 is 1.94 bits per heavy atom. The van der Waals surface area contributed by atoms with E-state index in [4.69, 9.17) is 4.74 Å². The van der Waals surface area contributed by atoms with Crippen LogP contribution in [0.1, 0.15) is 0 Å². The van der Waals surface area contributed by atoms with Gasteiger partial charge in [-0.25, -0.2) is 0 Å². The van der Waals surface area contributed by atoms with E-state index >= 15 is 0 Å². The molecule has 2 rings (SSSR count). The van der Waals surface area contributed by atoms with Crippen LogP contribution in [0, 0.1) is 0 Å². The predicted octanol–water partition coefficient (Wildman–Crippen LogP) is 3.56. The van der Waals surface area contributed by atoms with Gasteiger partial charge >= 0.3 is 6.98 Å². The topological polar surface area (TPSA) is 22.1 Å². The summed E-state index contributed by atoms with van der Waals surface area (Å²) < 4.78 is 42.1. The molecule has 0 bridgehead atoms. The fraction of sp³-hybridized carbons (Fsp3) is 0.0833. The van der Waals surface area contributed by atoms with Gasteiger partial charge in [0.15, 0.2) is 0 Å². The summed E-state index contributed by atoms with van der Waals surface area (Å²) in [4.78, 5) is 4.09. The van der Waals surface area contributed by atoms with E-state index in [-0.39, 0.29) is 0 Å². The molecule has 0 N–H and O–H groups in total. The third-order valence-electron chi connectivity index (χ3n) is 2.47. The second-order valence-corrected chi connectivity index (χ2v) is 3.85. The number of benzene rings is 1. The van der Waals surface area contributed by atoms with E-state index in [9.17, 15) is 12.9 Å². The largest absolute Gasteiger partial charge is 0.508 e. The summed E-state index contributed by atoms with van der Waals surface area (Å²) >= 11 is 0. The Morgan fingerprint density at radius 1 is 1.22 bits per heavy atom. The quantitative estimate of drug-likeness (QED) is 0.776. The van der Waals surface area contributed by atoms with Crippen molar-refractivity contribution in [2.45, 2.75) is 0 Å². The molecule has 0 spiro atoms.